The number of alkyl halides is 3. The summed E-state index contributed by atoms with van der Waals surface area (Å²) in [5, 5.41) is 0. The van der Waals surface area contributed by atoms with Gasteiger partial charge in [-0.15, -0.1) is 0 Å². The van der Waals surface area contributed by atoms with Crippen molar-refractivity contribution in [1.29, 1.82) is 0 Å². The third-order valence-electron chi connectivity index (χ3n) is 2.59. The molecular weight excluding hydrogens is 286 g/mol. The van der Waals surface area contributed by atoms with Gasteiger partial charge in [0, 0.05) is 13.1 Å². The summed E-state index contributed by atoms with van der Waals surface area (Å²) in [6, 6.07) is 2.22. The van der Waals surface area contributed by atoms with Gasteiger partial charge < -0.3 is 0 Å². The lowest BCUT2D eigenvalue weighted by Gasteiger charge is -2.19. The van der Waals surface area contributed by atoms with Crippen LogP contribution in [0, 0.1) is 5.82 Å². The van der Waals surface area contributed by atoms with Crippen molar-refractivity contribution in [3.8, 4) is 0 Å². The Labute approximate surface area is 108 Å². The van der Waals surface area contributed by atoms with E-state index in [0.29, 0.717) is 6.07 Å². The fourth-order valence-electron chi connectivity index (χ4n) is 1.63. The highest BCUT2D eigenvalue weighted by Gasteiger charge is 2.37. The normalized spacial score (nSPS) is 13.0. The predicted molar refractivity (Wildman–Crippen MR) is 61.5 cm³/mol. The highest BCUT2D eigenvalue weighted by molar-refractivity contribution is 7.89. The maximum Gasteiger partial charge on any atom is 0.419 e. The molecule has 0 amide bonds. The quantitative estimate of drug-likeness (QED) is 0.802. The van der Waals surface area contributed by atoms with E-state index in [1.165, 1.54) is 13.8 Å². The lowest BCUT2D eigenvalue weighted by atomic mass is 10.2. The van der Waals surface area contributed by atoms with E-state index >= 15 is 0 Å². The summed E-state index contributed by atoms with van der Waals surface area (Å²) >= 11 is 0. The molecule has 0 spiro atoms. The molecule has 0 aromatic heterocycles. The van der Waals surface area contributed by atoms with Crippen LogP contribution >= 0.6 is 0 Å². The molecule has 0 bridgehead atoms. The molecule has 1 aromatic rings. The van der Waals surface area contributed by atoms with E-state index in [0.717, 1.165) is 16.4 Å². The zero-order valence-electron chi connectivity index (χ0n) is 10.3. The molecule has 108 valence electrons. The third kappa shape index (κ3) is 3.06. The van der Waals surface area contributed by atoms with Gasteiger partial charge in [0.05, 0.1) is 5.56 Å². The number of rotatable bonds is 4. The second-order valence-corrected chi connectivity index (χ2v) is 5.61. The molecule has 0 aliphatic rings. The summed E-state index contributed by atoms with van der Waals surface area (Å²) in [5.74, 6) is -1.76. The van der Waals surface area contributed by atoms with E-state index in [4.69, 9.17) is 0 Å². The second kappa shape index (κ2) is 5.46. The van der Waals surface area contributed by atoms with Crippen LogP contribution < -0.4 is 0 Å². The van der Waals surface area contributed by atoms with Crippen molar-refractivity contribution >= 4 is 10.0 Å². The number of hydrogen-bond donors (Lipinski definition) is 0. The average molecular weight is 299 g/mol. The number of sulfonamides is 1. The van der Waals surface area contributed by atoms with E-state index in [2.05, 4.69) is 0 Å². The molecule has 0 N–H and O–H groups in total. The van der Waals surface area contributed by atoms with Crippen LogP contribution in [-0.2, 0) is 16.2 Å². The van der Waals surface area contributed by atoms with Gasteiger partial charge in [-0.3, -0.25) is 0 Å². The zero-order chi connectivity index (χ0) is 14.8. The van der Waals surface area contributed by atoms with Crippen molar-refractivity contribution in [2.45, 2.75) is 24.9 Å². The Hall–Kier alpha value is -1.15. The molecular formula is C11H13F4NO2S. The largest absolute Gasteiger partial charge is 0.419 e. The van der Waals surface area contributed by atoms with Crippen molar-refractivity contribution in [2.24, 2.45) is 0 Å². The third-order valence-corrected chi connectivity index (χ3v) is 4.66. The van der Waals surface area contributed by atoms with Gasteiger partial charge in [0.1, 0.15) is 4.90 Å². The van der Waals surface area contributed by atoms with Crippen molar-refractivity contribution < 1.29 is 26.0 Å². The predicted octanol–water partition coefficient (Wildman–Crippen LogP) is 2.88. The molecule has 0 aliphatic carbocycles. The van der Waals surface area contributed by atoms with Crippen LogP contribution in [0.2, 0.25) is 0 Å². The van der Waals surface area contributed by atoms with Gasteiger partial charge in [0.2, 0.25) is 10.0 Å². The summed E-state index contributed by atoms with van der Waals surface area (Å²) in [7, 11) is -4.26. The first-order chi connectivity index (χ1) is 8.66. The Balaban J connectivity index is 3.46. The highest BCUT2D eigenvalue weighted by Crippen LogP contribution is 2.34. The highest BCUT2D eigenvalue weighted by atomic mass is 32.2. The van der Waals surface area contributed by atoms with Crippen LogP contribution in [0.15, 0.2) is 23.1 Å². The fraction of sp³-hybridized carbons (Fsp3) is 0.455. The summed E-state index contributed by atoms with van der Waals surface area (Å²) in [4.78, 5) is -0.953. The fourth-order valence-corrected chi connectivity index (χ4v) is 3.18. The molecule has 1 rings (SSSR count). The molecule has 1 aromatic carbocycles. The Morgan fingerprint density at radius 1 is 1.16 bits per heavy atom. The van der Waals surface area contributed by atoms with Gasteiger partial charge in [-0.05, 0) is 12.1 Å². The minimum absolute atomic E-state index is 0.0501. The summed E-state index contributed by atoms with van der Waals surface area (Å²) in [5.41, 5.74) is -1.58. The molecule has 0 atom stereocenters. The SMILES string of the molecule is CCN(CC)S(=O)(=O)c1cccc(C(F)(F)F)c1F. The maximum absolute atomic E-state index is 13.8. The number of halogens is 4. The van der Waals surface area contributed by atoms with E-state index < -0.39 is 32.5 Å². The Morgan fingerprint density at radius 3 is 2.11 bits per heavy atom. The van der Waals surface area contributed by atoms with E-state index in [9.17, 15) is 26.0 Å². The number of hydrogen-bond acceptors (Lipinski definition) is 2. The Morgan fingerprint density at radius 2 is 1.68 bits per heavy atom. The first kappa shape index (κ1) is 15.9. The van der Waals surface area contributed by atoms with E-state index in [1.54, 1.807) is 0 Å². The second-order valence-electron chi connectivity index (χ2n) is 3.70. The van der Waals surface area contributed by atoms with Crippen molar-refractivity contribution in [3.05, 3.63) is 29.6 Å². The van der Waals surface area contributed by atoms with Gasteiger partial charge in [-0.1, -0.05) is 19.9 Å². The molecule has 0 fully saturated rings. The Kier molecular flexibility index (Phi) is 4.57. The molecule has 0 heterocycles. The summed E-state index contributed by atoms with van der Waals surface area (Å²) in [6.45, 7) is 3.14. The first-order valence-electron chi connectivity index (χ1n) is 5.52. The lowest BCUT2D eigenvalue weighted by Crippen LogP contribution is -2.31. The monoisotopic (exact) mass is 299 g/mol. The van der Waals surface area contributed by atoms with Gasteiger partial charge in [-0.2, -0.15) is 17.5 Å². The Bertz CT molecular complexity index is 550. The van der Waals surface area contributed by atoms with Crippen LogP contribution in [-0.4, -0.2) is 25.8 Å². The molecule has 0 radical (unpaired) electrons. The van der Waals surface area contributed by atoms with Crippen LogP contribution in [0.1, 0.15) is 19.4 Å². The van der Waals surface area contributed by atoms with Crippen molar-refractivity contribution in [2.75, 3.05) is 13.1 Å². The zero-order valence-corrected chi connectivity index (χ0v) is 11.1. The first-order valence-corrected chi connectivity index (χ1v) is 6.96. The van der Waals surface area contributed by atoms with Gasteiger partial charge in [0.15, 0.2) is 5.82 Å². The summed E-state index contributed by atoms with van der Waals surface area (Å²) < 4.78 is 76.3. The van der Waals surface area contributed by atoms with Crippen LogP contribution in [0.4, 0.5) is 17.6 Å². The van der Waals surface area contributed by atoms with Crippen LogP contribution in [0.25, 0.3) is 0 Å². The van der Waals surface area contributed by atoms with E-state index in [-0.39, 0.29) is 13.1 Å². The number of nitrogens with zero attached hydrogens (tertiary/aromatic N) is 1. The molecule has 0 saturated carbocycles. The van der Waals surface area contributed by atoms with Crippen molar-refractivity contribution in [1.82, 2.24) is 4.31 Å². The molecule has 19 heavy (non-hydrogen) atoms. The topological polar surface area (TPSA) is 37.4 Å². The smallest absolute Gasteiger partial charge is 0.207 e. The minimum Gasteiger partial charge on any atom is -0.207 e. The lowest BCUT2D eigenvalue weighted by molar-refractivity contribution is -0.140. The van der Waals surface area contributed by atoms with Crippen LogP contribution in [0.5, 0.6) is 0 Å². The molecule has 8 heteroatoms. The van der Waals surface area contributed by atoms with Crippen molar-refractivity contribution in [3.63, 3.8) is 0 Å². The average Bonchev–Trinajstić information content (AvgIpc) is 2.28. The minimum atomic E-state index is -4.93. The maximum atomic E-state index is 13.8. The standard InChI is InChI=1S/C11H13F4NO2S/c1-3-16(4-2)19(17,18)9-7-5-6-8(10(9)12)11(13,14)15/h5-7H,3-4H2,1-2H3. The molecule has 0 unspecified atom stereocenters. The summed E-state index contributed by atoms with van der Waals surface area (Å²) in [6.07, 6.45) is -4.93. The van der Waals surface area contributed by atoms with Gasteiger partial charge in [0.25, 0.3) is 0 Å². The number of benzene rings is 1. The van der Waals surface area contributed by atoms with Gasteiger partial charge in [-0.25, -0.2) is 12.8 Å². The van der Waals surface area contributed by atoms with E-state index in [1.807, 2.05) is 0 Å². The molecule has 0 aliphatic heterocycles. The van der Waals surface area contributed by atoms with Gasteiger partial charge >= 0.3 is 6.18 Å². The molecule has 3 nitrogen and oxygen atoms in total. The van der Waals surface area contributed by atoms with Crippen LogP contribution in [0.3, 0.4) is 0 Å². The molecule has 0 saturated heterocycles.